The molecule has 5 nitrogen and oxygen atoms in total. The first-order valence-corrected chi connectivity index (χ1v) is 9.93. The molecule has 33 heavy (non-hydrogen) atoms. The maximum absolute atomic E-state index is 14.2. The van der Waals surface area contributed by atoms with E-state index in [2.05, 4.69) is 11.9 Å². The van der Waals surface area contributed by atoms with Crippen molar-refractivity contribution in [1.29, 1.82) is 5.41 Å². The number of aliphatic hydroxyl groups is 1. The standard InChI is InChI=1S/C21H22F2N2O2.C2H6.CH4O.CH4.FH/c1-2-5-15(24)6-3-4-11-25-16-12-20(22)19(21(23)13-16)14-27-18-9-7-17(26)8-10-18;2*1-2;;/h2,4,7-13,24-26H,1,3,5-6,14H2;1-2H3;2H,1H3;1H4;1H/b11-4+,24-15?;;;;. The van der Waals surface area contributed by atoms with E-state index in [9.17, 15) is 13.9 Å². The minimum atomic E-state index is -0.711. The highest BCUT2D eigenvalue weighted by molar-refractivity contribution is 5.82. The van der Waals surface area contributed by atoms with Crippen molar-refractivity contribution in [2.24, 2.45) is 0 Å². The smallest absolute Gasteiger partial charge is 0.134 e. The first kappa shape index (κ1) is 34.4. The van der Waals surface area contributed by atoms with Gasteiger partial charge in [-0.2, -0.15) is 0 Å². The zero-order valence-electron chi connectivity index (χ0n) is 18.7. The third kappa shape index (κ3) is 13.7. The lowest BCUT2D eigenvalue weighted by atomic mass is 10.1. The Labute approximate surface area is 195 Å². The van der Waals surface area contributed by atoms with Gasteiger partial charge < -0.3 is 25.7 Å². The molecule has 4 N–H and O–H groups in total. The number of rotatable bonds is 10. The number of allylic oxidation sites excluding steroid dienone is 2. The van der Waals surface area contributed by atoms with Crippen molar-refractivity contribution >= 4 is 11.4 Å². The Morgan fingerprint density at radius 3 is 2.18 bits per heavy atom. The molecule has 0 unspecified atom stereocenters. The number of aromatic hydroxyl groups is 1. The maximum Gasteiger partial charge on any atom is 0.134 e. The van der Waals surface area contributed by atoms with E-state index in [1.165, 1.54) is 36.4 Å². The summed E-state index contributed by atoms with van der Waals surface area (Å²) in [6.07, 6.45) is 6.91. The molecule has 0 saturated heterocycles. The van der Waals surface area contributed by atoms with Gasteiger partial charge in [0.2, 0.25) is 0 Å². The Balaban J connectivity index is -0.00000142. The molecule has 0 fully saturated rings. The SMILES string of the molecule is C.C=CCC(=N)CC/C=C/Nc1cc(F)c(COc2ccc(O)cc2)c(F)c1.CC.CO.F. The molecule has 2 rings (SSSR count). The van der Waals surface area contributed by atoms with E-state index in [1.807, 2.05) is 13.8 Å². The van der Waals surface area contributed by atoms with Gasteiger partial charge in [-0.3, -0.25) is 4.70 Å². The Morgan fingerprint density at radius 2 is 1.67 bits per heavy atom. The Hall–Kier alpha value is -3.26. The summed E-state index contributed by atoms with van der Waals surface area (Å²) < 4.78 is 33.7. The van der Waals surface area contributed by atoms with Crippen LogP contribution in [0.15, 0.2) is 61.3 Å². The number of ether oxygens (including phenoxy) is 1. The number of nitrogens with one attached hydrogen (secondary N) is 2. The van der Waals surface area contributed by atoms with Crippen molar-refractivity contribution in [1.82, 2.24) is 0 Å². The van der Waals surface area contributed by atoms with Crippen LogP contribution >= 0.6 is 0 Å². The topological polar surface area (TPSA) is 85.6 Å². The highest BCUT2D eigenvalue weighted by atomic mass is 19.1. The number of anilines is 1. The van der Waals surface area contributed by atoms with Gasteiger partial charge in [0.25, 0.3) is 0 Å². The van der Waals surface area contributed by atoms with Gasteiger partial charge in [-0.25, -0.2) is 8.78 Å². The lowest BCUT2D eigenvalue weighted by Crippen LogP contribution is -2.03. The number of aliphatic hydroxyl groups excluding tert-OH is 1. The average molecular weight is 471 g/mol. The largest absolute Gasteiger partial charge is 0.508 e. The quantitative estimate of drug-likeness (QED) is 0.223. The van der Waals surface area contributed by atoms with Gasteiger partial charge in [-0.15, -0.1) is 6.58 Å². The zero-order chi connectivity index (χ0) is 23.6. The highest BCUT2D eigenvalue weighted by Gasteiger charge is 2.12. The van der Waals surface area contributed by atoms with Crippen LogP contribution in [0.25, 0.3) is 0 Å². The molecule has 0 aromatic heterocycles. The second-order valence-electron chi connectivity index (χ2n) is 5.88. The van der Waals surface area contributed by atoms with Gasteiger partial charge in [0.05, 0.1) is 5.56 Å². The van der Waals surface area contributed by atoms with Gasteiger partial charge in [0.15, 0.2) is 0 Å². The van der Waals surface area contributed by atoms with Gasteiger partial charge in [0.1, 0.15) is 29.7 Å². The van der Waals surface area contributed by atoms with Crippen molar-refractivity contribution in [3.8, 4) is 11.5 Å². The average Bonchev–Trinajstić information content (AvgIpc) is 2.77. The Morgan fingerprint density at radius 1 is 1.12 bits per heavy atom. The minimum Gasteiger partial charge on any atom is -0.508 e. The molecule has 0 atom stereocenters. The highest BCUT2D eigenvalue weighted by Crippen LogP contribution is 2.22. The number of benzene rings is 2. The summed E-state index contributed by atoms with van der Waals surface area (Å²) in [5, 5.41) is 26.7. The third-order valence-electron chi connectivity index (χ3n) is 3.73. The summed E-state index contributed by atoms with van der Waals surface area (Å²) in [5.41, 5.74) is 0.705. The van der Waals surface area contributed by atoms with E-state index >= 15 is 0 Å². The van der Waals surface area contributed by atoms with Crippen molar-refractivity contribution in [2.75, 3.05) is 12.4 Å². The molecule has 2 aromatic carbocycles. The second kappa shape index (κ2) is 20.6. The third-order valence-corrected chi connectivity index (χ3v) is 3.73. The molecule has 8 heteroatoms. The fourth-order valence-corrected chi connectivity index (χ4v) is 2.29. The number of hydrogen-bond donors (Lipinski definition) is 4. The van der Waals surface area contributed by atoms with Gasteiger partial charge in [-0.05, 0) is 55.4 Å². The normalized spacial score (nSPS) is 9.15. The van der Waals surface area contributed by atoms with Crippen molar-refractivity contribution in [3.63, 3.8) is 0 Å². The molecule has 186 valence electrons. The monoisotopic (exact) mass is 470 g/mol. The molecule has 0 aliphatic carbocycles. The lowest BCUT2D eigenvalue weighted by molar-refractivity contribution is 0.292. The first-order chi connectivity index (χ1) is 15.0. The molecular weight excluding hydrogens is 433 g/mol. The molecule has 0 spiro atoms. The van der Waals surface area contributed by atoms with Gasteiger partial charge >= 0.3 is 0 Å². The molecule has 0 bridgehead atoms. The predicted octanol–water partition coefficient (Wildman–Crippen LogP) is 6.97. The maximum atomic E-state index is 14.2. The molecule has 0 aliphatic rings. The molecular formula is C25H37F3N2O3. The van der Waals surface area contributed by atoms with E-state index in [0.717, 1.165) is 7.11 Å². The van der Waals surface area contributed by atoms with Crippen LogP contribution in [0.3, 0.4) is 0 Å². The summed E-state index contributed by atoms with van der Waals surface area (Å²) in [6.45, 7) is 7.32. The summed E-state index contributed by atoms with van der Waals surface area (Å²) in [7, 11) is 1.00. The molecule has 0 aliphatic heterocycles. The first-order valence-electron chi connectivity index (χ1n) is 9.93. The van der Waals surface area contributed by atoms with Crippen LogP contribution in [0.1, 0.15) is 46.1 Å². The van der Waals surface area contributed by atoms with E-state index < -0.39 is 11.6 Å². The number of hydrogen-bond acceptors (Lipinski definition) is 5. The van der Waals surface area contributed by atoms with E-state index in [4.69, 9.17) is 15.3 Å². The van der Waals surface area contributed by atoms with Crippen molar-refractivity contribution < 1.29 is 28.4 Å². The molecule has 2 aromatic rings. The van der Waals surface area contributed by atoms with Crippen LogP contribution in [-0.4, -0.2) is 23.0 Å². The van der Waals surface area contributed by atoms with E-state index in [1.54, 1.807) is 18.4 Å². The summed E-state index contributed by atoms with van der Waals surface area (Å²) in [5.74, 6) is -0.936. The number of phenols is 1. The van der Waals surface area contributed by atoms with Crippen LogP contribution in [0, 0.1) is 17.0 Å². The van der Waals surface area contributed by atoms with Gasteiger partial charge in [0, 0.05) is 24.9 Å². The minimum absolute atomic E-state index is 0. The van der Waals surface area contributed by atoms with Crippen LogP contribution in [-0.2, 0) is 6.61 Å². The lowest BCUT2D eigenvalue weighted by Gasteiger charge is -2.10. The molecule has 0 amide bonds. The molecule has 0 radical (unpaired) electrons. The Kier molecular flexibility index (Phi) is 21.5. The van der Waals surface area contributed by atoms with Crippen LogP contribution in [0.4, 0.5) is 19.2 Å². The summed E-state index contributed by atoms with van der Waals surface area (Å²) >= 11 is 0. The fraction of sp³-hybridized carbons (Fsp3) is 0.320. The molecule has 0 heterocycles. The predicted molar refractivity (Wildman–Crippen MR) is 132 cm³/mol. The second-order valence-corrected chi connectivity index (χ2v) is 5.88. The molecule has 0 saturated carbocycles. The van der Waals surface area contributed by atoms with Crippen molar-refractivity contribution in [2.45, 2.75) is 47.1 Å². The fourth-order valence-electron chi connectivity index (χ4n) is 2.29. The number of phenolic OH excluding ortho intramolecular Hbond substituents is 1. The van der Waals surface area contributed by atoms with E-state index in [-0.39, 0.29) is 35.7 Å². The van der Waals surface area contributed by atoms with Gasteiger partial charge in [-0.1, -0.05) is 33.4 Å². The Bertz CT molecular complexity index is 803. The number of halogens is 3. The van der Waals surface area contributed by atoms with E-state index in [0.29, 0.717) is 30.7 Å². The van der Waals surface area contributed by atoms with Crippen LogP contribution in [0.5, 0.6) is 11.5 Å². The van der Waals surface area contributed by atoms with Crippen LogP contribution in [0.2, 0.25) is 0 Å². The van der Waals surface area contributed by atoms with Crippen LogP contribution < -0.4 is 10.1 Å². The summed E-state index contributed by atoms with van der Waals surface area (Å²) in [6, 6.07) is 8.28. The zero-order valence-corrected chi connectivity index (χ0v) is 18.7. The van der Waals surface area contributed by atoms with Crippen molar-refractivity contribution in [3.05, 3.63) is 78.5 Å². The summed E-state index contributed by atoms with van der Waals surface area (Å²) in [4.78, 5) is 0.